The van der Waals surface area contributed by atoms with Crippen LogP contribution in [0.2, 0.25) is 0 Å². The molecule has 2 rings (SSSR count). The Morgan fingerprint density at radius 2 is 1.68 bits per heavy atom. The predicted octanol–water partition coefficient (Wildman–Crippen LogP) is 3.90. The van der Waals surface area contributed by atoms with Crippen molar-refractivity contribution < 1.29 is 9.59 Å². The first kappa shape index (κ1) is 16.7. The summed E-state index contributed by atoms with van der Waals surface area (Å²) in [7, 11) is 0. The number of hydrogen-bond donors (Lipinski definition) is 1. The van der Waals surface area contributed by atoms with E-state index in [1.54, 1.807) is 0 Å². The van der Waals surface area contributed by atoms with Crippen molar-refractivity contribution >= 4 is 11.7 Å². The average molecular weight is 301 g/mol. The fourth-order valence-corrected chi connectivity index (χ4v) is 2.99. The smallest absolute Gasteiger partial charge is 0.220 e. The van der Waals surface area contributed by atoms with Crippen LogP contribution in [0.15, 0.2) is 24.3 Å². The lowest BCUT2D eigenvalue weighted by atomic mass is 9.83. The molecule has 3 heteroatoms. The second-order valence-electron chi connectivity index (χ2n) is 6.72. The summed E-state index contributed by atoms with van der Waals surface area (Å²) in [4.78, 5) is 23.9. The van der Waals surface area contributed by atoms with E-state index in [0.717, 1.165) is 18.0 Å². The lowest BCUT2D eigenvalue weighted by molar-refractivity contribution is -0.121. The summed E-state index contributed by atoms with van der Waals surface area (Å²) in [5, 5.41) is 2.99. The molecule has 0 saturated heterocycles. The molecule has 1 amide bonds. The lowest BCUT2D eigenvalue weighted by Gasteiger charge is -2.26. The molecular formula is C19H27NO2. The van der Waals surface area contributed by atoms with E-state index in [1.807, 2.05) is 31.2 Å². The van der Waals surface area contributed by atoms with Crippen LogP contribution in [0.3, 0.4) is 0 Å². The van der Waals surface area contributed by atoms with E-state index < -0.39 is 0 Å². The van der Waals surface area contributed by atoms with Crippen molar-refractivity contribution in [2.75, 3.05) is 6.54 Å². The van der Waals surface area contributed by atoms with Crippen molar-refractivity contribution in [1.82, 2.24) is 5.32 Å². The molecule has 1 aromatic rings. The molecule has 1 aliphatic carbocycles. The van der Waals surface area contributed by atoms with E-state index in [-0.39, 0.29) is 24.5 Å². The van der Waals surface area contributed by atoms with Crippen LogP contribution >= 0.6 is 0 Å². The molecule has 1 saturated carbocycles. The van der Waals surface area contributed by atoms with Crippen molar-refractivity contribution in [3.8, 4) is 0 Å². The molecule has 3 nitrogen and oxygen atoms in total. The van der Waals surface area contributed by atoms with Gasteiger partial charge in [-0.2, -0.15) is 0 Å². The van der Waals surface area contributed by atoms with E-state index in [1.165, 1.54) is 25.7 Å². The van der Waals surface area contributed by atoms with Gasteiger partial charge in [-0.15, -0.1) is 0 Å². The van der Waals surface area contributed by atoms with E-state index >= 15 is 0 Å². The first-order valence-electron chi connectivity index (χ1n) is 8.41. The van der Waals surface area contributed by atoms with Gasteiger partial charge in [-0.05, 0) is 31.6 Å². The second-order valence-corrected chi connectivity index (χ2v) is 6.72. The Kier molecular flexibility index (Phi) is 6.17. The number of nitrogens with one attached hydrogen (secondary N) is 1. The van der Waals surface area contributed by atoms with Crippen LogP contribution in [-0.2, 0) is 4.79 Å². The number of hydrogen-bond acceptors (Lipinski definition) is 2. The molecule has 0 bridgehead atoms. The van der Waals surface area contributed by atoms with Gasteiger partial charge < -0.3 is 5.32 Å². The van der Waals surface area contributed by atoms with Gasteiger partial charge >= 0.3 is 0 Å². The standard InChI is InChI=1S/C19H27NO2/c1-14-3-7-16(8-4-14)13-20-19(22)12-11-18(21)17-9-5-15(2)6-10-17/h5-6,9-10,14,16H,3-4,7-8,11-13H2,1-2H3,(H,20,22). The highest BCUT2D eigenvalue weighted by atomic mass is 16.2. The maximum atomic E-state index is 12.0. The van der Waals surface area contributed by atoms with Gasteiger partial charge in [0.05, 0.1) is 0 Å². The SMILES string of the molecule is Cc1ccc(C(=O)CCC(=O)NCC2CCC(C)CC2)cc1. The molecule has 1 fully saturated rings. The summed E-state index contributed by atoms with van der Waals surface area (Å²) in [5.74, 6) is 1.49. The number of ketones is 1. The normalized spacial score (nSPS) is 21.4. The highest BCUT2D eigenvalue weighted by Crippen LogP contribution is 2.27. The lowest BCUT2D eigenvalue weighted by Crippen LogP contribution is -2.31. The number of carbonyl (C=O) groups excluding carboxylic acids is 2. The Labute approximate surface area is 133 Å². The zero-order valence-electron chi connectivity index (χ0n) is 13.7. The Morgan fingerprint density at radius 1 is 1.05 bits per heavy atom. The number of Topliss-reactive ketones (excluding diaryl/α,β-unsaturated/α-hetero) is 1. The topological polar surface area (TPSA) is 46.2 Å². The van der Waals surface area contributed by atoms with Crippen molar-refractivity contribution in [3.05, 3.63) is 35.4 Å². The predicted molar refractivity (Wildman–Crippen MR) is 88.9 cm³/mol. The third kappa shape index (κ3) is 5.28. The summed E-state index contributed by atoms with van der Waals surface area (Å²) < 4.78 is 0. The van der Waals surface area contributed by atoms with Gasteiger partial charge in [0.1, 0.15) is 0 Å². The van der Waals surface area contributed by atoms with E-state index in [4.69, 9.17) is 0 Å². The van der Waals surface area contributed by atoms with Gasteiger partial charge in [-0.25, -0.2) is 0 Å². The molecule has 0 unspecified atom stereocenters. The Morgan fingerprint density at radius 3 is 2.32 bits per heavy atom. The third-order valence-electron chi connectivity index (χ3n) is 4.68. The van der Waals surface area contributed by atoms with Crippen molar-refractivity contribution in [2.45, 2.75) is 52.4 Å². The van der Waals surface area contributed by atoms with Gasteiger partial charge in [-0.1, -0.05) is 49.6 Å². The van der Waals surface area contributed by atoms with Gasteiger partial charge in [0.2, 0.25) is 5.91 Å². The fraction of sp³-hybridized carbons (Fsp3) is 0.579. The first-order valence-corrected chi connectivity index (χ1v) is 8.41. The molecule has 1 aliphatic rings. The molecule has 22 heavy (non-hydrogen) atoms. The van der Waals surface area contributed by atoms with Crippen LogP contribution in [0.4, 0.5) is 0 Å². The molecule has 1 aromatic carbocycles. The van der Waals surface area contributed by atoms with Gasteiger partial charge in [0.15, 0.2) is 5.78 Å². The molecule has 0 radical (unpaired) electrons. The van der Waals surface area contributed by atoms with Crippen LogP contribution in [0.25, 0.3) is 0 Å². The average Bonchev–Trinajstić information content (AvgIpc) is 2.52. The number of carbonyl (C=O) groups is 2. The van der Waals surface area contributed by atoms with Crippen LogP contribution in [0.1, 0.15) is 61.4 Å². The van der Waals surface area contributed by atoms with Crippen LogP contribution in [0, 0.1) is 18.8 Å². The molecule has 0 aliphatic heterocycles. The van der Waals surface area contributed by atoms with Crippen molar-refractivity contribution in [3.63, 3.8) is 0 Å². The number of benzene rings is 1. The molecule has 0 spiro atoms. The summed E-state index contributed by atoms with van der Waals surface area (Å²) in [5.41, 5.74) is 1.83. The Balaban J connectivity index is 1.67. The number of aryl methyl sites for hydroxylation is 1. The van der Waals surface area contributed by atoms with E-state index in [2.05, 4.69) is 12.2 Å². The highest BCUT2D eigenvalue weighted by molar-refractivity contribution is 5.97. The van der Waals surface area contributed by atoms with Gasteiger partial charge in [-0.3, -0.25) is 9.59 Å². The molecule has 120 valence electrons. The summed E-state index contributed by atoms with van der Waals surface area (Å²) in [6.07, 6.45) is 5.54. The van der Waals surface area contributed by atoms with Crippen molar-refractivity contribution in [1.29, 1.82) is 0 Å². The van der Waals surface area contributed by atoms with Gasteiger partial charge in [0, 0.05) is 24.9 Å². The zero-order valence-corrected chi connectivity index (χ0v) is 13.7. The minimum atomic E-state index is -0.000849. The minimum Gasteiger partial charge on any atom is -0.356 e. The second kappa shape index (κ2) is 8.11. The molecule has 0 atom stereocenters. The molecule has 0 aromatic heterocycles. The zero-order chi connectivity index (χ0) is 15.9. The van der Waals surface area contributed by atoms with Crippen LogP contribution in [-0.4, -0.2) is 18.2 Å². The molecule has 0 heterocycles. The third-order valence-corrected chi connectivity index (χ3v) is 4.68. The Hall–Kier alpha value is -1.64. The Bertz CT molecular complexity index is 499. The number of rotatable bonds is 6. The monoisotopic (exact) mass is 301 g/mol. The molecule has 1 N–H and O–H groups in total. The maximum absolute atomic E-state index is 12.0. The number of amides is 1. The van der Waals surface area contributed by atoms with Crippen LogP contribution < -0.4 is 5.32 Å². The first-order chi connectivity index (χ1) is 10.5. The van der Waals surface area contributed by atoms with Crippen LogP contribution in [0.5, 0.6) is 0 Å². The molecular weight excluding hydrogens is 274 g/mol. The highest BCUT2D eigenvalue weighted by Gasteiger charge is 2.18. The van der Waals surface area contributed by atoms with Gasteiger partial charge in [0.25, 0.3) is 0 Å². The summed E-state index contributed by atoms with van der Waals surface area (Å²) in [6.45, 7) is 5.06. The maximum Gasteiger partial charge on any atom is 0.220 e. The van der Waals surface area contributed by atoms with E-state index in [0.29, 0.717) is 11.5 Å². The van der Waals surface area contributed by atoms with E-state index in [9.17, 15) is 9.59 Å². The fourth-order valence-electron chi connectivity index (χ4n) is 2.99. The summed E-state index contributed by atoms with van der Waals surface area (Å²) >= 11 is 0. The van der Waals surface area contributed by atoms with Crippen molar-refractivity contribution in [2.24, 2.45) is 11.8 Å². The summed E-state index contributed by atoms with van der Waals surface area (Å²) in [6, 6.07) is 7.52. The quantitative estimate of drug-likeness (QED) is 0.810. The largest absolute Gasteiger partial charge is 0.356 e. The minimum absolute atomic E-state index is 0.000849.